The zero-order chi connectivity index (χ0) is 12.1. The summed E-state index contributed by atoms with van der Waals surface area (Å²) in [5.74, 6) is 1.14. The predicted octanol–water partition coefficient (Wildman–Crippen LogP) is 1.23. The van der Waals surface area contributed by atoms with Crippen molar-refractivity contribution in [2.24, 2.45) is 0 Å². The number of benzene rings is 1. The van der Waals surface area contributed by atoms with Crippen LogP contribution in [-0.4, -0.2) is 26.3 Å². The van der Waals surface area contributed by atoms with E-state index in [2.05, 4.69) is 27.4 Å². The maximum atomic E-state index is 9.18. The molecule has 0 amide bonds. The van der Waals surface area contributed by atoms with Crippen molar-refractivity contribution in [3.63, 3.8) is 0 Å². The van der Waals surface area contributed by atoms with Gasteiger partial charge in [-0.2, -0.15) is 5.10 Å². The molecule has 1 aromatic heterocycles. The molecule has 1 aromatic carbocycles. The molecule has 1 heterocycles. The van der Waals surface area contributed by atoms with E-state index < -0.39 is 0 Å². The fourth-order valence-electron chi connectivity index (χ4n) is 1.64. The minimum atomic E-state index is 0.302. The molecule has 2 aromatic rings. The van der Waals surface area contributed by atoms with E-state index in [1.165, 1.54) is 11.9 Å². The monoisotopic (exact) mass is 232 g/mol. The zero-order valence-corrected chi connectivity index (χ0v) is 9.72. The molecule has 0 saturated carbocycles. The first-order valence-electron chi connectivity index (χ1n) is 5.59. The van der Waals surface area contributed by atoms with E-state index in [4.69, 9.17) is 0 Å². The Morgan fingerprint density at radius 1 is 1.35 bits per heavy atom. The number of hydrogen-bond donors (Lipinski definition) is 3. The van der Waals surface area contributed by atoms with Gasteiger partial charge in [0.25, 0.3) is 0 Å². The van der Waals surface area contributed by atoms with Gasteiger partial charge in [-0.25, -0.2) is 4.98 Å². The highest BCUT2D eigenvalue weighted by atomic mass is 16.3. The van der Waals surface area contributed by atoms with Crippen molar-refractivity contribution < 1.29 is 5.11 Å². The highest BCUT2D eigenvalue weighted by molar-refractivity contribution is 5.26. The maximum absolute atomic E-state index is 9.18. The Hall–Kier alpha value is -1.88. The van der Waals surface area contributed by atoms with Crippen LogP contribution in [0.3, 0.4) is 0 Å². The van der Waals surface area contributed by atoms with Gasteiger partial charge in [0.05, 0.1) is 6.54 Å². The molecular formula is C12H16N4O. The zero-order valence-electron chi connectivity index (χ0n) is 9.72. The number of aromatic amines is 1. The van der Waals surface area contributed by atoms with E-state index >= 15 is 0 Å². The summed E-state index contributed by atoms with van der Waals surface area (Å²) in [6.07, 6.45) is 2.41. The SMILES string of the molecule is CC(Cc1ccc(O)cc1)NCc1ncn[nH]1. The number of hydrogen-bond acceptors (Lipinski definition) is 4. The molecule has 5 nitrogen and oxygen atoms in total. The summed E-state index contributed by atoms with van der Waals surface area (Å²) in [5, 5.41) is 19.1. The third-order valence-corrected chi connectivity index (χ3v) is 2.56. The van der Waals surface area contributed by atoms with E-state index in [1.54, 1.807) is 12.1 Å². The first kappa shape index (κ1) is 11.6. The molecule has 5 heteroatoms. The molecule has 0 spiro atoms. The summed E-state index contributed by atoms with van der Waals surface area (Å²) < 4.78 is 0. The van der Waals surface area contributed by atoms with Crippen LogP contribution >= 0.6 is 0 Å². The largest absolute Gasteiger partial charge is 0.508 e. The Morgan fingerprint density at radius 2 is 2.12 bits per heavy atom. The van der Waals surface area contributed by atoms with Crippen molar-refractivity contribution in [1.82, 2.24) is 20.5 Å². The van der Waals surface area contributed by atoms with E-state index in [0.717, 1.165) is 12.2 Å². The summed E-state index contributed by atoms with van der Waals surface area (Å²) >= 11 is 0. The average molecular weight is 232 g/mol. The third kappa shape index (κ3) is 3.57. The molecule has 90 valence electrons. The number of rotatable bonds is 5. The van der Waals surface area contributed by atoms with Crippen molar-refractivity contribution in [3.05, 3.63) is 42.0 Å². The Kier molecular flexibility index (Phi) is 3.72. The lowest BCUT2D eigenvalue weighted by Gasteiger charge is -2.12. The predicted molar refractivity (Wildman–Crippen MR) is 64.5 cm³/mol. The molecule has 0 aliphatic carbocycles. The topological polar surface area (TPSA) is 73.8 Å². The van der Waals surface area contributed by atoms with E-state index in [1.807, 2.05) is 12.1 Å². The second kappa shape index (κ2) is 5.45. The lowest BCUT2D eigenvalue weighted by atomic mass is 10.1. The van der Waals surface area contributed by atoms with Crippen LogP contribution in [0, 0.1) is 0 Å². The quantitative estimate of drug-likeness (QED) is 0.725. The molecule has 0 saturated heterocycles. The lowest BCUT2D eigenvalue weighted by Crippen LogP contribution is -2.28. The van der Waals surface area contributed by atoms with Gasteiger partial charge >= 0.3 is 0 Å². The molecule has 0 aliphatic rings. The molecule has 0 bridgehead atoms. The highest BCUT2D eigenvalue weighted by Gasteiger charge is 2.04. The van der Waals surface area contributed by atoms with Gasteiger partial charge in [0, 0.05) is 6.04 Å². The molecule has 2 rings (SSSR count). The van der Waals surface area contributed by atoms with Crippen LogP contribution in [0.5, 0.6) is 5.75 Å². The van der Waals surface area contributed by atoms with Gasteiger partial charge in [-0.3, -0.25) is 5.10 Å². The van der Waals surface area contributed by atoms with Crippen LogP contribution in [0.1, 0.15) is 18.3 Å². The molecular weight excluding hydrogens is 216 g/mol. The van der Waals surface area contributed by atoms with Crippen LogP contribution in [-0.2, 0) is 13.0 Å². The van der Waals surface area contributed by atoms with Gasteiger partial charge in [0.1, 0.15) is 17.9 Å². The first-order chi connectivity index (χ1) is 8.24. The van der Waals surface area contributed by atoms with Crippen LogP contribution in [0.25, 0.3) is 0 Å². The number of nitrogens with one attached hydrogen (secondary N) is 2. The number of nitrogens with zero attached hydrogens (tertiary/aromatic N) is 2. The van der Waals surface area contributed by atoms with Crippen LogP contribution in [0.15, 0.2) is 30.6 Å². The molecule has 0 aliphatic heterocycles. The van der Waals surface area contributed by atoms with E-state index in [-0.39, 0.29) is 0 Å². The van der Waals surface area contributed by atoms with Crippen molar-refractivity contribution >= 4 is 0 Å². The standard InChI is InChI=1S/C12H16N4O/c1-9(13-7-12-14-8-15-16-12)6-10-2-4-11(17)5-3-10/h2-5,8-9,13,17H,6-7H2,1H3,(H,14,15,16). The molecule has 0 fully saturated rings. The number of phenolic OH excluding ortho intramolecular Hbond substituents is 1. The Balaban J connectivity index is 1.80. The summed E-state index contributed by atoms with van der Waals surface area (Å²) in [6, 6.07) is 7.62. The summed E-state index contributed by atoms with van der Waals surface area (Å²) in [7, 11) is 0. The van der Waals surface area contributed by atoms with Crippen LogP contribution < -0.4 is 5.32 Å². The normalized spacial score (nSPS) is 12.5. The highest BCUT2D eigenvalue weighted by Crippen LogP contribution is 2.11. The van der Waals surface area contributed by atoms with Gasteiger partial charge in [0.15, 0.2) is 0 Å². The smallest absolute Gasteiger partial charge is 0.138 e. The Labute approximate surface area is 99.9 Å². The molecule has 1 atom stereocenters. The second-order valence-corrected chi connectivity index (χ2v) is 4.08. The van der Waals surface area contributed by atoms with Crippen molar-refractivity contribution in [2.75, 3.05) is 0 Å². The maximum Gasteiger partial charge on any atom is 0.138 e. The van der Waals surface area contributed by atoms with Crippen molar-refractivity contribution in [2.45, 2.75) is 25.9 Å². The van der Waals surface area contributed by atoms with Gasteiger partial charge in [0.2, 0.25) is 0 Å². The Morgan fingerprint density at radius 3 is 2.76 bits per heavy atom. The summed E-state index contributed by atoms with van der Waals surface area (Å²) in [5.41, 5.74) is 1.19. The number of aromatic hydroxyl groups is 1. The molecule has 3 N–H and O–H groups in total. The first-order valence-corrected chi connectivity index (χ1v) is 5.59. The van der Waals surface area contributed by atoms with Gasteiger partial charge in [-0.15, -0.1) is 0 Å². The summed E-state index contributed by atoms with van der Waals surface area (Å²) in [6.45, 7) is 2.79. The summed E-state index contributed by atoms with van der Waals surface area (Å²) in [4.78, 5) is 4.04. The number of H-pyrrole nitrogens is 1. The van der Waals surface area contributed by atoms with E-state index in [0.29, 0.717) is 18.3 Å². The fraction of sp³-hybridized carbons (Fsp3) is 0.333. The van der Waals surface area contributed by atoms with E-state index in [9.17, 15) is 5.11 Å². The molecule has 0 radical (unpaired) electrons. The Bertz CT molecular complexity index is 438. The van der Waals surface area contributed by atoms with Gasteiger partial charge in [-0.1, -0.05) is 12.1 Å². The van der Waals surface area contributed by atoms with Gasteiger partial charge in [-0.05, 0) is 31.0 Å². The van der Waals surface area contributed by atoms with Crippen LogP contribution in [0.2, 0.25) is 0 Å². The number of aromatic nitrogens is 3. The number of phenols is 1. The molecule has 1 unspecified atom stereocenters. The average Bonchev–Trinajstić information content (AvgIpc) is 2.83. The van der Waals surface area contributed by atoms with Crippen molar-refractivity contribution in [1.29, 1.82) is 0 Å². The third-order valence-electron chi connectivity index (χ3n) is 2.56. The van der Waals surface area contributed by atoms with Crippen molar-refractivity contribution in [3.8, 4) is 5.75 Å². The van der Waals surface area contributed by atoms with Gasteiger partial charge < -0.3 is 10.4 Å². The fourth-order valence-corrected chi connectivity index (χ4v) is 1.64. The minimum absolute atomic E-state index is 0.302. The lowest BCUT2D eigenvalue weighted by molar-refractivity contribution is 0.474. The molecule has 17 heavy (non-hydrogen) atoms. The second-order valence-electron chi connectivity index (χ2n) is 4.08. The van der Waals surface area contributed by atoms with Crippen LogP contribution in [0.4, 0.5) is 0 Å². The minimum Gasteiger partial charge on any atom is -0.508 e.